The van der Waals surface area contributed by atoms with Crippen molar-refractivity contribution in [2.24, 2.45) is 0 Å². The molecule has 16 heavy (non-hydrogen) atoms. The number of piperidine rings is 1. The minimum absolute atomic E-state index is 0.594. The zero-order valence-electron chi connectivity index (χ0n) is 9.17. The van der Waals surface area contributed by atoms with Gasteiger partial charge in [0.15, 0.2) is 0 Å². The van der Waals surface area contributed by atoms with Crippen LogP contribution in [0.2, 0.25) is 0 Å². The Morgan fingerprint density at radius 2 is 2.38 bits per heavy atom. The van der Waals surface area contributed by atoms with Gasteiger partial charge in [0.05, 0.1) is 5.60 Å². The average Bonchev–Trinajstić information content (AvgIpc) is 2.28. The van der Waals surface area contributed by atoms with Gasteiger partial charge in [0, 0.05) is 23.2 Å². The van der Waals surface area contributed by atoms with Crippen LogP contribution in [0.5, 0.6) is 0 Å². The van der Waals surface area contributed by atoms with Gasteiger partial charge in [-0.1, -0.05) is 22.0 Å². The lowest BCUT2D eigenvalue weighted by atomic mass is 9.94. The summed E-state index contributed by atoms with van der Waals surface area (Å²) in [4.78, 5) is 0. The van der Waals surface area contributed by atoms with Crippen LogP contribution in [0.25, 0.3) is 0 Å². The average molecular weight is 285 g/mol. The maximum absolute atomic E-state index is 10.3. The zero-order valence-corrected chi connectivity index (χ0v) is 10.8. The maximum Gasteiger partial charge on any atom is 0.0943 e. The van der Waals surface area contributed by atoms with Crippen LogP contribution in [0.4, 0.5) is 5.69 Å². The van der Waals surface area contributed by atoms with Crippen LogP contribution in [0.3, 0.4) is 0 Å². The summed E-state index contributed by atoms with van der Waals surface area (Å²) in [5.74, 6) is 0. The third-order valence-electron chi connectivity index (χ3n) is 2.90. The molecule has 1 fully saturated rings. The van der Waals surface area contributed by atoms with E-state index in [4.69, 9.17) is 0 Å². The summed E-state index contributed by atoms with van der Waals surface area (Å²) >= 11 is 3.43. The molecule has 2 rings (SSSR count). The molecule has 0 aromatic heterocycles. The molecule has 1 heterocycles. The summed E-state index contributed by atoms with van der Waals surface area (Å²) < 4.78 is 1.05. The number of hydrogen-bond acceptors (Lipinski definition) is 3. The predicted octanol–water partition coefficient (Wildman–Crippen LogP) is 1.98. The molecule has 1 atom stereocenters. The lowest BCUT2D eigenvalue weighted by Gasteiger charge is -2.33. The van der Waals surface area contributed by atoms with Crippen molar-refractivity contribution in [3.63, 3.8) is 0 Å². The van der Waals surface area contributed by atoms with Crippen LogP contribution in [-0.4, -0.2) is 30.3 Å². The van der Waals surface area contributed by atoms with Crippen molar-refractivity contribution in [2.75, 3.05) is 25.0 Å². The molecule has 4 heteroatoms. The van der Waals surface area contributed by atoms with Gasteiger partial charge in [0.1, 0.15) is 0 Å². The Kier molecular flexibility index (Phi) is 3.84. The van der Waals surface area contributed by atoms with Crippen LogP contribution >= 0.6 is 15.9 Å². The van der Waals surface area contributed by atoms with Crippen LogP contribution in [-0.2, 0) is 0 Å². The fraction of sp³-hybridized carbons (Fsp3) is 0.500. The Hall–Kier alpha value is -0.580. The number of hydrogen-bond donors (Lipinski definition) is 3. The van der Waals surface area contributed by atoms with E-state index < -0.39 is 5.60 Å². The first-order valence-electron chi connectivity index (χ1n) is 5.61. The predicted molar refractivity (Wildman–Crippen MR) is 69.7 cm³/mol. The number of rotatable bonds is 3. The third-order valence-corrected chi connectivity index (χ3v) is 3.39. The summed E-state index contributed by atoms with van der Waals surface area (Å²) in [5, 5.41) is 16.8. The molecule has 3 nitrogen and oxygen atoms in total. The first-order chi connectivity index (χ1) is 7.68. The van der Waals surface area contributed by atoms with E-state index in [1.807, 2.05) is 24.3 Å². The summed E-state index contributed by atoms with van der Waals surface area (Å²) in [6.45, 7) is 2.28. The zero-order chi connectivity index (χ0) is 11.4. The second kappa shape index (κ2) is 5.17. The topological polar surface area (TPSA) is 44.3 Å². The molecule has 1 aliphatic heterocycles. The molecule has 0 saturated carbocycles. The number of nitrogens with one attached hydrogen (secondary N) is 2. The Morgan fingerprint density at radius 1 is 1.50 bits per heavy atom. The minimum Gasteiger partial charge on any atom is -0.387 e. The lowest BCUT2D eigenvalue weighted by molar-refractivity contribution is 0.0292. The van der Waals surface area contributed by atoms with Gasteiger partial charge in [-0.3, -0.25) is 0 Å². The number of halogens is 1. The van der Waals surface area contributed by atoms with Gasteiger partial charge in [0.2, 0.25) is 0 Å². The fourth-order valence-electron chi connectivity index (χ4n) is 1.97. The van der Waals surface area contributed by atoms with Crippen molar-refractivity contribution in [1.29, 1.82) is 0 Å². The standard InChI is InChI=1S/C12H17BrN2O/c13-10-3-1-4-11(7-10)15-9-12(16)5-2-6-14-8-12/h1,3-4,7,14-16H,2,5-6,8-9H2. The van der Waals surface area contributed by atoms with E-state index >= 15 is 0 Å². The fourth-order valence-corrected chi connectivity index (χ4v) is 2.37. The van der Waals surface area contributed by atoms with Crippen LogP contribution < -0.4 is 10.6 Å². The SMILES string of the molecule is OC1(CNc2cccc(Br)c2)CCCNC1. The van der Waals surface area contributed by atoms with Crippen LogP contribution in [0.15, 0.2) is 28.7 Å². The van der Waals surface area contributed by atoms with Gasteiger partial charge >= 0.3 is 0 Å². The molecule has 1 saturated heterocycles. The molecule has 1 unspecified atom stereocenters. The highest BCUT2D eigenvalue weighted by molar-refractivity contribution is 9.10. The van der Waals surface area contributed by atoms with Crippen LogP contribution in [0, 0.1) is 0 Å². The number of anilines is 1. The quantitative estimate of drug-likeness (QED) is 0.795. The lowest BCUT2D eigenvalue weighted by Crippen LogP contribution is -2.50. The minimum atomic E-state index is -0.611. The summed E-state index contributed by atoms with van der Waals surface area (Å²) in [6, 6.07) is 7.99. The van der Waals surface area contributed by atoms with Crippen molar-refractivity contribution in [2.45, 2.75) is 18.4 Å². The molecule has 0 amide bonds. The van der Waals surface area contributed by atoms with Gasteiger partial charge < -0.3 is 15.7 Å². The summed E-state index contributed by atoms with van der Waals surface area (Å²) in [6.07, 6.45) is 1.90. The first-order valence-corrected chi connectivity index (χ1v) is 6.40. The molecule has 0 bridgehead atoms. The van der Waals surface area contributed by atoms with E-state index in [0.29, 0.717) is 13.1 Å². The highest BCUT2D eigenvalue weighted by Crippen LogP contribution is 2.19. The Balaban J connectivity index is 1.91. The van der Waals surface area contributed by atoms with Crippen molar-refractivity contribution in [1.82, 2.24) is 5.32 Å². The Morgan fingerprint density at radius 3 is 3.06 bits per heavy atom. The van der Waals surface area contributed by atoms with E-state index in [-0.39, 0.29) is 0 Å². The molecular formula is C12H17BrN2O. The van der Waals surface area contributed by atoms with E-state index in [9.17, 15) is 5.11 Å². The molecule has 1 aliphatic rings. The molecule has 1 aromatic rings. The van der Waals surface area contributed by atoms with E-state index in [1.165, 1.54) is 0 Å². The molecule has 0 radical (unpaired) electrons. The summed E-state index contributed by atoms with van der Waals surface area (Å²) in [7, 11) is 0. The van der Waals surface area contributed by atoms with Crippen LogP contribution in [0.1, 0.15) is 12.8 Å². The Bertz CT molecular complexity index is 351. The van der Waals surface area contributed by atoms with E-state index in [1.54, 1.807) is 0 Å². The Labute approximate surface area is 104 Å². The maximum atomic E-state index is 10.3. The van der Waals surface area contributed by atoms with Crippen molar-refractivity contribution < 1.29 is 5.11 Å². The van der Waals surface area contributed by atoms with Gasteiger partial charge in [0.25, 0.3) is 0 Å². The number of aliphatic hydroxyl groups is 1. The van der Waals surface area contributed by atoms with Gasteiger partial charge in [-0.15, -0.1) is 0 Å². The molecule has 3 N–H and O–H groups in total. The molecule has 1 aromatic carbocycles. The molecule has 0 spiro atoms. The molecule has 0 aliphatic carbocycles. The highest BCUT2D eigenvalue weighted by Gasteiger charge is 2.28. The van der Waals surface area contributed by atoms with Gasteiger partial charge in [-0.2, -0.15) is 0 Å². The first kappa shape index (κ1) is 11.9. The van der Waals surface area contributed by atoms with Gasteiger partial charge in [-0.05, 0) is 37.6 Å². The van der Waals surface area contributed by atoms with Gasteiger partial charge in [-0.25, -0.2) is 0 Å². The van der Waals surface area contributed by atoms with E-state index in [2.05, 4.69) is 26.6 Å². The number of benzene rings is 1. The molecule has 88 valence electrons. The highest BCUT2D eigenvalue weighted by atomic mass is 79.9. The largest absolute Gasteiger partial charge is 0.387 e. The van der Waals surface area contributed by atoms with Crippen molar-refractivity contribution in [3.8, 4) is 0 Å². The summed E-state index contributed by atoms with van der Waals surface area (Å²) in [5.41, 5.74) is 0.425. The normalized spacial score (nSPS) is 25.4. The number of β-amino-alcohol motifs (C(OH)–C–C–N with tert-alkyl or cyclic N) is 1. The molecular weight excluding hydrogens is 268 g/mol. The van der Waals surface area contributed by atoms with Crippen molar-refractivity contribution >= 4 is 21.6 Å². The van der Waals surface area contributed by atoms with Crippen molar-refractivity contribution in [3.05, 3.63) is 28.7 Å². The third kappa shape index (κ3) is 3.20. The second-order valence-corrected chi connectivity index (χ2v) is 5.28. The monoisotopic (exact) mass is 284 g/mol. The van der Waals surface area contributed by atoms with E-state index in [0.717, 1.165) is 29.5 Å². The second-order valence-electron chi connectivity index (χ2n) is 4.37. The smallest absolute Gasteiger partial charge is 0.0943 e.